The molecule has 0 unspecified atom stereocenters. The number of aliphatic imine (C=N–C) groups is 1. The Hall–Kier alpha value is -1.06. The summed E-state index contributed by atoms with van der Waals surface area (Å²) in [7, 11) is 0. The first-order valence-corrected chi connectivity index (χ1v) is 11.0. The van der Waals surface area contributed by atoms with Crippen LogP contribution in [0, 0.1) is 5.92 Å². The van der Waals surface area contributed by atoms with Crippen molar-refractivity contribution in [3.8, 4) is 0 Å². The van der Waals surface area contributed by atoms with E-state index in [4.69, 9.17) is 9.47 Å². The van der Waals surface area contributed by atoms with Crippen LogP contribution in [0.5, 0.6) is 0 Å². The van der Waals surface area contributed by atoms with E-state index in [1.165, 1.54) is 4.90 Å². The van der Waals surface area contributed by atoms with Gasteiger partial charge in [-0.2, -0.15) is 13.2 Å². The maximum absolute atomic E-state index is 12.5. The summed E-state index contributed by atoms with van der Waals surface area (Å²) in [6.45, 7) is 6.89. The zero-order valence-corrected chi connectivity index (χ0v) is 17.6. The number of hydrogen-bond acceptors (Lipinski definition) is 4. The molecule has 2 heterocycles. The molecule has 170 valence electrons. The van der Waals surface area contributed by atoms with Crippen LogP contribution < -0.4 is 10.6 Å². The van der Waals surface area contributed by atoms with Crippen molar-refractivity contribution in [2.75, 3.05) is 59.1 Å². The fraction of sp³-hybridized carbons (Fsp3) is 0.950. The Morgan fingerprint density at radius 2 is 1.86 bits per heavy atom. The average Bonchev–Trinajstić information content (AvgIpc) is 2.68. The number of rotatable bonds is 10. The summed E-state index contributed by atoms with van der Waals surface area (Å²) in [6.07, 6.45) is 1.67. The number of piperidine rings is 1. The molecule has 0 radical (unpaired) electrons. The molecule has 0 bridgehead atoms. The lowest BCUT2D eigenvalue weighted by Gasteiger charge is -2.32. The van der Waals surface area contributed by atoms with Crippen molar-refractivity contribution in [2.24, 2.45) is 10.9 Å². The average molecular weight is 423 g/mol. The number of hydrogen-bond donors (Lipinski definition) is 2. The maximum atomic E-state index is 12.5. The third kappa shape index (κ3) is 11.1. The standard InChI is InChI=1S/C20H37F3N4O2/c1-2-24-19(25-9-3-13-29-18-7-14-28-15-8-18)26-10-4-17-5-11-27(12-6-17)16-20(21,22)23/h17-18H,2-16H2,1H3,(H2,24,25,26). The number of ether oxygens (including phenoxy) is 2. The van der Waals surface area contributed by atoms with Gasteiger partial charge in [-0.1, -0.05) is 0 Å². The first-order chi connectivity index (χ1) is 14.0. The lowest BCUT2D eigenvalue weighted by Crippen LogP contribution is -2.41. The summed E-state index contributed by atoms with van der Waals surface area (Å²) in [4.78, 5) is 6.10. The quantitative estimate of drug-likeness (QED) is 0.322. The first kappa shape index (κ1) is 24.2. The molecule has 0 amide bonds. The third-order valence-electron chi connectivity index (χ3n) is 5.39. The van der Waals surface area contributed by atoms with Crippen LogP contribution in [-0.2, 0) is 9.47 Å². The van der Waals surface area contributed by atoms with Gasteiger partial charge in [-0.05, 0) is 64.5 Å². The molecule has 2 aliphatic rings. The summed E-state index contributed by atoms with van der Waals surface area (Å²) in [5, 5.41) is 6.59. The van der Waals surface area contributed by atoms with E-state index in [2.05, 4.69) is 15.6 Å². The van der Waals surface area contributed by atoms with Crippen molar-refractivity contribution in [3.63, 3.8) is 0 Å². The van der Waals surface area contributed by atoms with E-state index in [1.54, 1.807) is 0 Å². The number of nitrogens with zero attached hydrogens (tertiary/aromatic N) is 2. The molecule has 2 fully saturated rings. The van der Waals surface area contributed by atoms with Gasteiger partial charge in [0.05, 0.1) is 12.6 Å². The second-order valence-electron chi connectivity index (χ2n) is 7.85. The molecular formula is C20H37F3N4O2. The van der Waals surface area contributed by atoms with Gasteiger partial charge < -0.3 is 20.1 Å². The second-order valence-corrected chi connectivity index (χ2v) is 7.85. The Labute approximate surface area is 172 Å². The van der Waals surface area contributed by atoms with Crippen LogP contribution in [0.15, 0.2) is 4.99 Å². The normalized spacial score (nSPS) is 20.8. The third-order valence-corrected chi connectivity index (χ3v) is 5.39. The Morgan fingerprint density at radius 3 is 2.52 bits per heavy atom. The largest absolute Gasteiger partial charge is 0.401 e. The minimum Gasteiger partial charge on any atom is -0.381 e. The van der Waals surface area contributed by atoms with Gasteiger partial charge in [-0.3, -0.25) is 9.89 Å². The fourth-order valence-corrected chi connectivity index (χ4v) is 3.77. The van der Waals surface area contributed by atoms with Gasteiger partial charge >= 0.3 is 6.18 Å². The van der Waals surface area contributed by atoms with Crippen molar-refractivity contribution in [2.45, 2.75) is 57.7 Å². The molecule has 2 aliphatic heterocycles. The van der Waals surface area contributed by atoms with Crippen LogP contribution in [0.3, 0.4) is 0 Å². The van der Waals surface area contributed by atoms with E-state index in [0.29, 0.717) is 38.3 Å². The van der Waals surface area contributed by atoms with E-state index in [9.17, 15) is 13.2 Å². The van der Waals surface area contributed by atoms with E-state index < -0.39 is 12.7 Å². The molecule has 2 rings (SSSR count). The second kappa shape index (κ2) is 13.3. The Kier molecular flexibility index (Phi) is 11.1. The highest BCUT2D eigenvalue weighted by Gasteiger charge is 2.32. The highest BCUT2D eigenvalue weighted by molar-refractivity contribution is 5.79. The van der Waals surface area contributed by atoms with Gasteiger partial charge in [0, 0.05) is 39.5 Å². The zero-order chi connectivity index (χ0) is 21.0. The maximum Gasteiger partial charge on any atom is 0.401 e. The van der Waals surface area contributed by atoms with Crippen LogP contribution in [0.4, 0.5) is 13.2 Å². The topological polar surface area (TPSA) is 58.1 Å². The molecular weight excluding hydrogens is 385 g/mol. The molecule has 2 saturated heterocycles. The smallest absolute Gasteiger partial charge is 0.381 e. The van der Waals surface area contributed by atoms with Gasteiger partial charge in [0.1, 0.15) is 0 Å². The van der Waals surface area contributed by atoms with Crippen LogP contribution in [0.2, 0.25) is 0 Å². The fourth-order valence-electron chi connectivity index (χ4n) is 3.77. The number of halogens is 3. The molecule has 0 aromatic carbocycles. The summed E-state index contributed by atoms with van der Waals surface area (Å²) < 4.78 is 48.6. The predicted octanol–water partition coefficient (Wildman–Crippen LogP) is 2.79. The lowest BCUT2D eigenvalue weighted by atomic mass is 9.93. The summed E-state index contributed by atoms with van der Waals surface area (Å²) in [6, 6.07) is 0. The molecule has 9 heteroatoms. The lowest BCUT2D eigenvalue weighted by molar-refractivity contribution is -0.148. The molecule has 0 atom stereocenters. The molecule has 0 aromatic heterocycles. The van der Waals surface area contributed by atoms with Crippen molar-refractivity contribution in [1.29, 1.82) is 0 Å². The number of likely N-dealkylation sites (tertiary alicyclic amines) is 1. The number of alkyl halides is 3. The number of guanidine groups is 1. The molecule has 0 saturated carbocycles. The SMILES string of the molecule is CCNC(=NCCCOC1CCOCC1)NCCC1CCN(CC(F)(F)F)CC1. The van der Waals surface area contributed by atoms with Crippen molar-refractivity contribution < 1.29 is 22.6 Å². The highest BCUT2D eigenvalue weighted by Crippen LogP contribution is 2.23. The minimum atomic E-state index is -4.10. The van der Waals surface area contributed by atoms with Crippen LogP contribution >= 0.6 is 0 Å². The molecule has 6 nitrogen and oxygen atoms in total. The van der Waals surface area contributed by atoms with Crippen molar-refractivity contribution >= 4 is 5.96 Å². The molecule has 2 N–H and O–H groups in total. The van der Waals surface area contributed by atoms with E-state index in [-0.39, 0.29) is 0 Å². The van der Waals surface area contributed by atoms with Gasteiger partial charge in [-0.25, -0.2) is 0 Å². The Balaban J connectivity index is 1.56. The minimum absolute atomic E-state index is 0.321. The van der Waals surface area contributed by atoms with Crippen molar-refractivity contribution in [1.82, 2.24) is 15.5 Å². The summed E-state index contributed by atoms with van der Waals surface area (Å²) in [5.41, 5.74) is 0. The van der Waals surface area contributed by atoms with E-state index in [1.807, 2.05) is 6.92 Å². The van der Waals surface area contributed by atoms with Crippen LogP contribution in [-0.4, -0.2) is 82.2 Å². The zero-order valence-electron chi connectivity index (χ0n) is 17.6. The van der Waals surface area contributed by atoms with Gasteiger partial charge in [-0.15, -0.1) is 0 Å². The Morgan fingerprint density at radius 1 is 1.14 bits per heavy atom. The highest BCUT2D eigenvalue weighted by atomic mass is 19.4. The van der Waals surface area contributed by atoms with E-state index in [0.717, 1.165) is 70.8 Å². The van der Waals surface area contributed by atoms with Gasteiger partial charge in [0.25, 0.3) is 0 Å². The van der Waals surface area contributed by atoms with Crippen LogP contribution in [0.1, 0.15) is 45.4 Å². The predicted molar refractivity (Wildman–Crippen MR) is 108 cm³/mol. The summed E-state index contributed by atoms with van der Waals surface area (Å²) >= 11 is 0. The molecule has 29 heavy (non-hydrogen) atoms. The van der Waals surface area contributed by atoms with Gasteiger partial charge in [0.2, 0.25) is 0 Å². The van der Waals surface area contributed by atoms with Gasteiger partial charge in [0.15, 0.2) is 5.96 Å². The van der Waals surface area contributed by atoms with E-state index >= 15 is 0 Å². The monoisotopic (exact) mass is 422 g/mol. The number of nitrogens with one attached hydrogen (secondary N) is 2. The summed E-state index contributed by atoms with van der Waals surface area (Å²) in [5.74, 6) is 1.27. The van der Waals surface area contributed by atoms with Crippen LogP contribution in [0.25, 0.3) is 0 Å². The first-order valence-electron chi connectivity index (χ1n) is 11.0. The molecule has 0 aliphatic carbocycles. The molecule has 0 aromatic rings. The van der Waals surface area contributed by atoms with Crippen molar-refractivity contribution in [3.05, 3.63) is 0 Å². The molecule has 0 spiro atoms. The Bertz CT molecular complexity index is 463.